The number of aliphatic carboxylic acids is 1. The van der Waals surface area contributed by atoms with Gasteiger partial charge in [0, 0.05) is 29.2 Å². The number of hydrogen-bond acceptors (Lipinski definition) is 6. The zero-order valence-electron chi connectivity index (χ0n) is 18.1. The standard InChI is InChI=1S/C25H21FN6O2/c26-20-3-1-2-17(8-20)15-32(21-6-7-22-19(10-21)13-29-31-22)25-28-12-18-5-4-16(9-23(18)30-25)11-27-14-24(33)34/h1-10,12-13,27H,11,14-15H2,(H,29,31)(H,33,34). The molecule has 0 spiro atoms. The SMILES string of the molecule is O=C(O)CNCc1ccc2cnc(N(Cc3cccc(F)c3)c3ccc4[nH]ncc4c3)nc2c1. The number of nitrogens with one attached hydrogen (secondary N) is 2. The van der Waals surface area contributed by atoms with Crippen molar-refractivity contribution in [3.63, 3.8) is 0 Å². The number of aromatic amines is 1. The third kappa shape index (κ3) is 4.69. The lowest BCUT2D eigenvalue weighted by atomic mass is 10.1. The molecular formula is C25H21FN6O2. The third-order valence-corrected chi connectivity index (χ3v) is 5.45. The first-order valence-corrected chi connectivity index (χ1v) is 10.7. The molecule has 0 aliphatic carbocycles. The van der Waals surface area contributed by atoms with Gasteiger partial charge in [-0.15, -0.1) is 0 Å². The number of halogens is 1. The maximum absolute atomic E-state index is 13.9. The molecule has 0 atom stereocenters. The molecule has 3 N–H and O–H groups in total. The summed E-state index contributed by atoms with van der Waals surface area (Å²) in [4.78, 5) is 22.1. The Bertz CT molecular complexity index is 1490. The summed E-state index contributed by atoms with van der Waals surface area (Å²) in [5.74, 6) is -0.746. The van der Waals surface area contributed by atoms with E-state index in [0.29, 0.717) is 19.0 Å². The van der Waals surface area contributed by atoms with Crippen LogP contribution in [-0.4, -0.2) is 37.8 Å². The minimum Gasteiger partial charge on any atom is -0.480 e. The predicted octanol–water partition coefficient (Wildman–Crippen LogP) is 4.16. The van der Waals surface area contributed by atoms with E-state index in [1.54, 1.807) is 18.5 Å². The van der Waals surface area contributed by atoms with Gasteiger partial charge in [-0.1, -0.05) is 24.3 Å². The van der Waals surface area contributed by atoms with Crippen LogP contribution in [0.1, 0.15) is 11.1 Å². The fourth-order valence-electron chi connectivity index (χ4n) is 3.81. The monoisotopic (exact) mass is 456 g/mol. The number of carboxylic acids is 1. The van der Waals surface area contributed by atoms with Crippen molar-refractivity contribution in [2.75, 3.05) is 11.4 Å². The van der Waals surface area contributed by atoms with Gasteiger partial charge >= 0.3 is 5.97 Å². The highest BCUT2D eigenvalue weighted by molar-refractivity contribution is 5.84. The molecule has 9 heteroatoms. The molecule has 3 aromatic carbocycles. The molecule has 0 saturated heterocycles. The fraction of sp³-hybridized carbons (Fsp3) is 0.120. The first-order chi connectivity index (χ1) is 16.5. The van der Waals surface area contributed by atoms with Gasteiger partial charge in [0.05, 0.1) is 30.3 Å². The summed E-state index contributed by atoms with van der Waals surface area (Å²) >= 11 is 0. The van der Waals surface area contributed by atoms with Crippen molar-refractivity contribution in [2.24, 2.45) is 0 Å². The van der Waals surface area contributed by atoms with E-state index in [1.807, 2.05) is 47.4 Å². The Morgan fingerprint density at radius 1 is 1.03 bits per heavy atom. The molecule has 0 radical (unpaired) electrons. The lowest BCUT2D eigenvalue weighted by Crippen LogP contribution is -2.21. The molecule has 8 nitrogen and oxygen atoms in total. The second-order valence-corrected chi connectivity index (χ2v) is 7.92. The highest BCUT2D eigenvalue weighted by atomic mass is 19.1. The van der Waals surface area contributed by atoms with Crippen molar-refractivity contribution in [1.82, 2.24) is 25.5 Å². The lowest BCUT2D eigenvalue weighted by molar-refractivity contribution is -0.135. The minimum absolute atomic E-state index is 0.120. The second-order valence-electron chi connectivity index (χ2n) is 7.92. The third-order valence-electron chi connectivity index (χ3n) is 5.45. The summed E-state index contributed by atoms with van der Waals surface area (Å²) in [6.07, 6.45) is 3.50. The number of carbonyl (C=O) groups is 1. The Morgan fingerprint density at radius 3 is 2.79 bits per heavy atom. The van der Waals surface area contributed by atoms with Crippen LogP contribution in [0.5, 0.6) is 0 Å². The summed E-state index contributed by atoms with van der Waals surface area (Å²) in [7, 11) is 0. The van der Waals surface area contributed by atoms with Crippen LogP contribution in [0.4, 0.5) is 16.0 Å². The van der Waals surface area contributed by atoms with Gasteiger partial charge in [-0.25, -0.2) is 14.4 Å². The quantitative estimate of drug-likeness (QED) is 0.322. The van der Waals surface area contributed by atoms with Crippen LogP contribution in [0.25, 0.3) is 21.8 Å². The molecule has 0 unspecified atom stereocenters. The van der Waals surface area contributed by atoms with Gasteiger partial charge in [0.2, 0.25) is 5.95 Å². The van der Waals surface area contributed by atoms with E-state index in [0.717, 1.165) is 38.6 Å². The Hall–Kier alpha value is -4.37. The molecule has 170 valence electrons. The van der Waals surface area contributed by atoms with Crippen molar-refractivity contribution in [3.05, 3.63) is 90.0 Å². The Balaban J connectivity index is 1.53. The molecule has 0 bridgehead atoms. The lowest BCUT2D eigenvalue weighted by Gasteiger charge is -2.23. The number of aromatic nitrogens is 4. The highest BCUT2D eigenvalue weighted by Gasteiger charge is 2.16. The first-order valence-electron chi connectivity index (χ1n) is 10.7. The van der Waals surface area contributed by atoms with Gasteiger partial charge in [0.1, 0.15) is 5.82 Å². The molecule has 5 rings (SSSR count). The largest absolute Gasteiger partial charge is 0.480 e. The molecule has 2 aromatic heterocycles. The predicted molar refractivity (Wildman–Crippen MR) is 127 cm³/mol. The normalized spacial score (nSPS) is 11.2. The zero-order valence-corrected chi connectivity index (χ0v) is 18.1. The number of fused-ring (bicyclic) bond motifs is 2. The van der Waals surface area contributed by atoms with Gasteiger partial charge < -0.3 is 15.3 Å². The van der Waals surface area contributed by atoms with Gasteiger partial charge in [-0.05, 0) is 47.5 Å². The second kappa shape index (κ2) is 9.24. The van der Waals surface area contributed by atoms with Gasteiger partial charge in [-0.2, -0.15) is 5.10 Å². The summed E-state index contributed by atoms with van der Waals surface area (Å²) in [6, 6.07) is 18.0. The van der Waals surface area contributed by atoms with Crippen molar-refractivity contribution >= 4 is 39.4 Å². The Labute approximate surface area is 194 Å². The van der Waals surface area contributed by atoms with Crippen LogP contribution < -0.4 is 10.2 Å². The van der Waals surface area contributed by atoms with Crippen molar-refractivity contribution in [3.8, 4) is 0 Å². The highest BCUT2D eigenvalue weighted by Crippen LogP contribution is 2.29. The van der Waals surface area contributed by atoms with Gasteiger partial charge in [-0.3, -0.25) is 9.89 Å². The maximum Gasteiger partial charge on any atom is 0.317 e. The number of anilines is 2. The van der Waals surface area contributed by atoms with Crippen LogP contribution >= 0.6 is 0 Å². The van der Waals surface area contributed by atoms with Crippen molar-refractivity contribution < 1.29 is 14.3 Å². The van der Waals surface area contributed by atoms with Crippen LogP contribution in [0, 0.1) is 5.82 Å². The Kier molecular flexibility index (Phi) is 5.84. The molecule has 0 aliphatic rings. The molecule has 0 saturated carbocycles. The topological polar surface area (TPSA) is 107 Å². The fourth-order valence-corrected chi connectivity index (χ4v) is 3.81. The molecular weight excluding hydrogens is 435 g/mol. The number of nitrogens with zero attached hydrogens (tertiary/aromatic N) is 4. The van der Waals surface area contributed by atoms with E-state index in [1.165, 1.54) is 12.1 Å². The van der Waals surface area contributed by atoms with E-state index in [4.69, 9.17) is 10.1 Å². The van der Waals surface area contributed by atoms with Crippen LogP contribution in [-0.2, 0) is 17.9 Å². The van der Waals surface area contributed by atoms with Crippen molar-refractivity contribution in [1.29, 1.82) is 0 Å². The molecule has 0 fully saturated rings. The van der Waals surface area contributed by atoms with Gasteiger partial charge in [0.25, 0.3) is 0 Å². The molecule has 0 aliphatic heterocycles. The Morgan fingerprint density at radius 2 is 1.94 bits per heavy atom. The van der Waals surface area contributed by atoms with Crippen LogP contribution in [0.15, 0.2) is 73.1 Å². The molecule has 0 amide bonds. The molecule has 5 aromatic rings. The molecule has 2 heterocycles. The average Bonchev–Trinajstić information content (AvgIpc) is 3.30. The number of rotatable bonds is 8. The molecule has 34 heavy (non-hydrogen) atoms. The van der Waals surface area contributed by atoms with Crippen molar-refractivity contribution in [2.45, 2.75) is 13.1 Å². The number of benzene rings is 3. The minimum atomic E-state index is -0.909. The van der Waals surface area contributed by atoms with E-state index in [-0.39, 0.29) is 12.4 Å². The van der Waals surface area contributed by atoms with E-state index < -0.39 is 5.97 Å². The van der Waals surface area contributed by atoms with Gasteiger partial charge in [0.15, 0.2) is 0 Å². The maximum atomic E-state index is 13.9. The van der Waals surface area contributed by atoms with E-state index in [9.17, 15) is 9.18 Å². The smallest absolute Gasteiger partial charge is 0.317 e. The number of carboxylic acid groups (broad SMARTS) is 1. The number of hydrogen-bond donors (Lipinski definition) is 3. The summed E-state index contributed by atoms with van der Waals surface area (Å²) in [5.41, 5.74) is 4.18. The number of H-pyrrole nitrogens is 1. The average molecular weight is 456 g/mol. The summed E-state index contributed by atoms with van der Waals surface area (Å²) in [5, 5.41) is 20.6. The summed E-state index contributed by atoms with van der Waals surface area (Å²) < 4.78 is 13.9. The van der Waals surface area contributed by atoms with E-state index >= 15 is 0 Å². The zero-order chi connectivity index (χ0) is 23.5. The van der Waals surface area contributed by atoms with Crippen LogP contribution in [0.2, 0.25) is 0 Å². The van der Waals surface area contributed by atoms with E-state index in [2.05, 4.69) is 20.5 Å². The summed E-state index contributed by atoms with van der Waals surface area (Å²) in [6.45, 7) is 0.656. The first kappa shape index (κ1) is 21.5. The van der Waals surface area contributed by atoms with Crippen LogP contribution in [0.3, 0.4) is 0 Å².